The molecule has 1 N–H and O–H groups in total. The Kier molecular flexibility index (Phi) is 4.95. The molecular weight excluding hydrogens is 274 g/mol. The smallest absolute Gasteiger partial charge is 0.378 e. The van der Waals surface area contributed by atoms with Crippen LogP contribution in [0, 0.1) is 5.82 Å². The lowest BCUT2D eigenvalue weighted by Gasteiger charge is -2.25. The zero-order chi connectivity index (χ0) is 12.5. The van der Waals surface area contributed by atoms with E-state index in [0.29, 0.717) is 13.2 Å². The Bertz CT molecular complexity index is 405. The van der Waals surface area contributed by atoms with Gasteiger partial charge in [0.1, 0.15) is 5.82 Å². The molecule has 0 spiro atoms. The molecule has 1 atom stereocenters. The molecule has 1 heterocycles. The van der Waals surface area contributed by atoms with E-state index in [1.54, 1.807) is 0 Å². The summed E-state index contributed by atoms with van der Waals surface area (Å²) in [5, 5.41) is 2.92. The van der Waals surface area contributed by atoms with E-state index in [0.717, 1.165) is 18.2 Å². The molecule has 1 aromatic carbocycles. The molecule has 0 bridgehead atoms. The van der Waals surface area contributed by atoms with Crippen molar-refractivity contribution in [1.82, 2.24) is 5.32 Å². The SMILES string of the molecule is Cl.Fc1ccc(C(F)(F)F)cc1[C@H]1COCCN1. The van der Waals surface area contributed by atoms with Crippen molar-refractivity contribution >= 4 is 12.4 Å². The van der Waals surface area contributed by atoms with Crippen molar-refractivity contribution in [3.63, 3.8) is 0 Å². The molecule has 2 nitrogen and oxygen atoms in total. The Morgan fingerprint density at radius 2 is 2.00 bits per heavy atom. The first-order chi connectivity index (χ1) is 7.98. The highest BCUT2D eigenvalue weighted by molar-refractivity contribution is 5.85. The first-order valence-corrected chi connectivity index (χ1v) is 5.16. The molecule has 102 valence electrons. The summed E-state index contributed by atoms with van der Waals surface area (Å²) < 4.78 is 56.1. The molecule has 1 fully saturated rings. The van der Waals surface area contributed by atoms with Crippen LogP contribution in [0.3, 0.4) is 0 Å². The van der Waals surface area contributed by atoms with Gasteiger partial charge in [-0.25, -0.2) is 4.39 Å². The van der Waals surface area contributed by atoms with Gasteiger partial charge in [-0.3, -0.25) is 0 Å². The molecule has 0 radical (unpaired) electrons. The minimum absolute atomic E-state index is 0. The Balaban J connectivity index is 0.00000162. The van der Waals surface area contributed by atoms with Gasteiger partial charge in [0, 0.05) is 12.1 Å². The van der Waals surface area contributed by atoms with Crippen LogP contribution in [0.15, 0.2) is 18.2 Å². The van der Waals surface area contributed by atoms with Crippen LogP contribution in [0.5, 0.6) is 0 Å². The largest absolute Gasteiger partial charge is 0.416 e. The van der Waals surface area contributed by atoms with Gasteiger partial charge in [0.15, 0.2) is 0 Å². The second-order valence-electron chi connectivity index (χ2n) is 3.82. The van der Waals surface area contributed by atoms with Crippen molar-refractivity contribution in [3.8, 4) is 0 Å². The molecule has 7 heteroatoms. The summed E-state index contributed by atoms with van der Waals surface area (Å²) in [6.45, 7) is 1.16. The maximum Gasteiger partial charge on any atom is 0.416 e. The zero-order valence-electron chi connectivity index (χ0n) is 9.26. The van der Waals surface area contributed by atoms with Gasteiger partial charge in [-0.2, -0.15) is 13.2 Å². The molecule has 1 aromatic rings. The maximum absolute atomic E-state index is 13.5. The highest BCUT2D eigenvalue weighted by atomic mass is 35.5. The summed E-state index contributed by atoms with van der Waals surface area (Å²) in [5.41, 5.74) is -0.846. The van der Waals surface area contributed by atoms with Gasteiger partial charge in [-0.15, -0.1) is 12.4 Å². The molecule has 0 amide bonds. The number of rotatable bonds is 1. The predicted molar refractivity (Wildman–Crippen MR) is 60.2 cm³/mol. The number of ether oxygens (including phenoxy) is 1. The highest BCUT2D eigenvalue weighted by Gasteiger charge is 2.32. The van der Waals surface area contributed by atoms with Crippen LogP contribution in [0.25, 0.3) is 0 Å². The van der Waals surface area contributed by atoms with Crippen molar-refractivity contribution in [1.29, 1.82) is 0 Å². The molecule has 0 unspecified atom stereocenters. The first kappa shape index (κ1) is 15.2. The summed E-state index contributed by atoms with van der Waals surface area (Å²) in [4.78, 5) is 0. The zero-order valence-corrected chi connectivity index (χ0v) is 10.1. The summed E-state index contributed by atoms with van der Waals surface area (Å²) in [5.74, 6) is -0.652. The van der Waals surface area contributed by atoms with E-state index in [-0.39, 0.29) is 24.6 Å². The average molecular weight is 286 g/mol. The predicted octanol–water partition coefficient (Wildman–Crippen LogP) is 2.93. The second-order valence-corrected chi connectivity index (χ2v) is 3.82. The summed E-state index contributed by atoms with van der Waals surface area (Å²) in [6.07, 6.45) is -4.46. The number of benzene rings is 1. The third kappa shape index (κ3) is 3.34. The van der Waals surface area contributed by atoms with Crippen molar-refractivity contribution in [2.24, 2.45) is 0 Å². The van der Waals surface area contributed by atoms with Gasteiger partial charge >= 0.3 is 6.18 Å². The lowest BCUT2D eigenvalue weighted by Crippen LogP contribution is -2.35. The number of alkyl halides is 3. The van der Waals surface area contributed by atoms with E-state index in [4.69, 9.17) is 4.74 Å². The van der Waals surface area contributed by atoms with Gasteiger partial charge in [-0.1, -0.05) is 0 Å². The van der Waals surface area contributed by atoms with Crippen LogP contribution in [0.1, 0.15) is 17.2 Å². The third-order valence-corrected chi connectivity index (χ3v) is 2.62. The van der Waals surface area contributed by atoms with Crippen LogP contribution in [0.4, 0.5) is 17.6 Å². The van der Waals surface area contributed by atoms with Crippen molar-refractivity contribution in [2.45, 2.75) is 12.2 Å². The number of hydrogen-bond donors (Lipinski definition) is 1. The van der Waals surface area contributed by atoms with E-state index in [1.807, 2.05) is 0 Å². The van der Waals surface area contributed by atoms with E-state index in [9.17, 15) is 17.6 Å². The van der Waals surface area contributed by atoms with Gasteiger partial charge in [0.05, 0.1) is 24.8 Å². The lowest BCUT2D eigenvalue weighted by atomic mass is 10.0. The fourth-order valence-electron chi connectivity index (χ4n) is 1.75. The summed E-state index contributed by atoms with van der Waals surface area (Å²) in [7, 11) is 0. The Hall–Kier alpha value is -0.850. The molecule has 18 heavy (non-hydrogen) atoms. The van der Waals surface area contributed by atoms with E-state index < -0.39 is 23.6 Å². The fraction of sp³-hybridized carbons (Fsp3) is 0.455. The minimum Gasteiger partial charge on any atom is -0.378 e. The van der Waals surface area contributed by atoms with Crippen molar-refractivity contribution < 1.29 is 22.3 Å². The first-order valence-electron chi connectivity index (χ1n) is 5.16. The van der Waals surface area contributed by atoms with Crippen molar-refractivity contribution in [3.05, 3.63) is 35.1 Å². The standard InChI is InChI=1S/C11H11F4NO.ClH/c12-9-2-1-7(11(13,14)15)5-8(9)10-6-17-4-3-16-10;/h1-2,5,10,16H,3-4,6H2;1H/t10-;/m1./s1. The number of morpholine rings is 1. The van der Waals surface area contributed by atoms with Crippen LogP contribution < -0.4 is 5.32 Å². The van der Waals surface area contributed by atoms with Gasteiger partial charge in [0.2, 0.25) is 0 Å². The van der Waals surface area contributed by atoms with Crippen molar-refractivity contribution in [2.75, 3.05) is 19.8 Å². The topological polar surface area (TPSA) is 21.3 Å². The molecule has 1 aliphatic rings. The van der Waals surface area contributed by atoms with Gasteiger partial charge in [-0.05, 0) is 18.2 Å². The monoisotopic (exact) mass is 285 g/mol. The normalized spacial score (nSPS) is 20.3. The number of hydrogen-bond acceptors (Lipinski definition) is 2. The minimum atomic E-state index is -4.46. The molecular formula is C11H12ClF4NO. The Morgan fingerprint density at radius 1 is 1.28 bits per heavy atom. The van der Waals surface area contributed by atoms with Crippen LogP contribution in [-0.2, 0) is 10.9 Å². The number of nitrogens with one attached hydrogen (secondary N) is 1. The average Bonchev–Trinajstić information content (AvgIpc) is 2.29. The molecule has 0 aromatic heterocycles. The lowest BCUT2D eigenvalue weighted by molar-refractivity contribution is -0.137. The summed E-state index contributed by atoms with van der Waals surface area (Å²) >= 11 is 0. The Labute approximate surface area is 108 Å². The van der Waals surface area contributed by atoms with E-state index >= 15 is 0 Å². The maximum atomic E-state index is 13.5. The quantitative estimate of drug-likeness (QED) is 0.801. The molecule has 2 rings (SSSR count). The number of halogens is 5. The second kappa shape index (κ2) is 5.86. The van der Waals surface area contributed by atoms with E-state index in [2.05, 4.69) is 5.32 Å². The highest BCUT2D eigenvalue weighted by Crippen LogP contribution is 2.32. The Morgan fingerprint density at radius 3 is 2.56 bits per heavy atom. The third-order valence-electron chi connectivity index (χ3n) is 2.62. The summed E-state index contributed by atoms with van der Waals surface area (Å²) in [6, 6.07) is 1.89. The molecule has 1 aliphatic heterocycles. The van der Waals surface area contributed by atoms with Gasteiger partial charge in [0.25, 0.3) is 0 Å². The molecule has 1 saturated heterocycles. The van der Waals surface area contributed by atoms with Crippen LogP contribution >= 0.6 is 12.4 Å². The van der Waals surface area contributed by atoms with Crippen LogP contribution in [-0.4, -0.2) is 19.8 Å². The fourth-order valence-corrected chi connectivity index (χ4v) is 1.75. The molecule has 0 aliphatic carbocycles. The van der Waals surface area contributed by atoms with Gasteiger partial charge < -0.3 is 10.1 Å². The molecule has 0 saturated carbocycles. The van der Waals surface area contributed by atoms with Crippen LogP contribution in [0.2, 0.25) is 0 Å². The van der Waals surface area contributed by atoms with E-state index in [1.165, 1.54) is 0 Å².